The fraction of sp³-hybridized carbons (Fsp3) is 0.550. The van der Waals surface area contributed by atoms with Crippen molar-refractivity contribution >= 4 is 11.0 Å². The normalized spacial score (nSPS) is 20.3. The minimum absolute atomic E-state index is 0.0988. The Balaban J connectivity index is 1.36. The lowest BCUT2D eigenvalue weighted by atomic mass is 9.78. The number of piperidine rings is 1. The number of imidazole rings is 1. The summed E-state index contributed by atoms with van der Waals surface area (Å²) < 4.78 is 4.92. The highest BCUT2D eigenvalue weighted by Crippen LogP contribution is 2.42. The van der Waals surface area contributed by atoms with Crippen LogP contribution in [0.2, 0.25) is 0 Å². The van der Waals surface area contributed by atoms with Crippen LogP contribution in [-0.2, 0) is 18.5 Å². The average molecular weight is 366 g/mol. The first-order valence-corrected chi connectivity index (χ1v) is 10.0. The van der Waals surface area contributed by atoms with Crippen molar-refractivity contribution in [3.8, 4) is 0 Å². The summed E-state index contributed by atoms with van der Waals surface area (Å²) in [5, 5.41) is 8.06. The third-order valence-corrected chi connectivity index (χ3v) is 6.34. The van der Waals surface area contributed by atoms with Crippen molar-refractivity contribution in [2.75, 3.05) is 26.2 Å². The molecule has 7 heteroatoms. The molecular weight excluding hydrogens is 340 g/mol. The molecule has 0 saturated carbocycles. The van der Waals surface area contributed by atoms with Gasteiger partial charge < -0.3 is 4.98 Å². The second-order valence-corrected chi connectivity index (χ2v) is 7.82. The predicted molar refractivity (Wildman–Crippen MR) is 102 cm³/mol. The molecule has 0 aliphatic carbocycles. The minimum atomic E-state index is 0.0988. The van der Waals surface area contributed by atoms with Crippen LogP contribution in [0.1, 0.15) is 43.1 Å². The van der Waals surface area contributed by atoms with Crippen LogP contribution in [0.3, 0.4) is 0 Å². The summed E-state index contributed by atoms with van der Waals surface area (Å²) in [6, 6.07) is 6.12. The lowest BCUT2D eigenvalue weighted by Crippen LogP contribution is -2.56. The summed E-state index contributed by atoms with van der Waals surface area (Å²) >= 11 is 0. The molecule has 2 aliphatic rings. The van der Waals surface area contributed by atoms with Crippen molar-refractivity contribution in [3.05, 3.63) is 41.5 Å². The highest BCUT2D eigenvalue weighted by molar-refractivity contribution is 5.76. The van der Waals surface area contributed by atoms with Gasteiger partial charge in [-0.2, -0.15) is 0 Å². The van der Waals surface area contributed by atoms with Crippen LogP contribution in [0.15, 0.2) is 29.2 Å². The summed E-state index contributed by atoms with van der Waals surface area (Å²) in [4.78, 5) is 13.4. The summed E-state index contributed by atoms with van der Waals surface area (Å²) in [6.45, 7) is 7.57. The van der Waals surface area contributed by atoms with E-state index in [1.807, 2.05) is 18.5 Å². The third-order valence-electron chi connectivity index (χ3n) is 6.34. The molecule has 0 bridgehead atoms. The molecule has 7 nitrogen and oxygen atoms in total. The quantitative estimate of drug-likeness (QED) is 0.765. The van der Waals surface area contributed by atoms with E-state index >= 15 is 0 Å². The Kier molecular flexibility index (Phi) is 4.21. The van der Waals surface area contributed by atoms with Crippen molar-refractivity contribution in [3.63, 3.8) is 0 Å². The van der Waals surface area contributed by atoms with Crippen LogP contribution in [-0.4, -0.2) is 56.3 Å². The van der Waals surface area contributed by atoms with Crippen LogP contribution in [0.4, 0.5) is 0 Å². The first-order valence-electron chi connectivity index (χ1n) is 10.0. The zero-order chi connectivity index (χ0) is 18.3. The van der Waals surface area contributed by atoms with Gasteiger partial charge in [-0.05, 0) is 47.8 Å². The van der Waals surface area contributed by atoms with Crippen molar-refractivity contribution in [2.24, 2.45) is 0 Å². The number of benzene rings is 1. The molecule has 5 rings (SSSR count). The average Bonchev–Trinajstić information content (AvgIpc) is 3.36. The van der Waals surface area contributed by atoms with Crippen LogP contribution in [0.5, 0.6) is 0 Å². The maximum Gasteiger partial charge on any atom is 0.139 e. The lowest BCUT2D eigenvalue weighted by molar-refractivity contribution is 0.00360. The summed E-state index contributed by atoms with van der Waals surface area (Å²) in [7, 11) is 0. The van der Waals surface area contributed by atoms with E-state index in [4.69, 9.17) is 9.61 Å². The highest BCUT2D eigenvalue weighted by Gasteiger charge is 2.46. The monoisotopic (exact) mass is 366 g/mol. The second-order valence-electron chi connectivity index (χ2n) is 7.82. The van der Waals surface area contributed by atoms with Gasteiger partial charge in [-0.1, -0.05) is 19.1 Å². The zero-order valence-corrected chi connectivity index (χ0v) is 15.8. The van der Waals surface area contributed by atoms with Crippen molar-refractivity contribution in [1.29, 1.82) is 0 Å². The van der Waals surface area contributed by atoms with Gasteiger partial charge in [0.25, 0.3) is 0 Å². The standard InChI is InChI=1S/C20H26N6O/c1-2-9-26-10-6-17-19(22-14-21-17)20(26)7-11-25(12-8-20)13-15-4-3-5-16-18(15)24-27-23-16/h3-5,14H,2,6-13H2,1H3,(H,21,22). The zero-order valence-electron chi connectivity index (χ0n) is 15.8. The molecule has 1 spiro atoms. The molecule has 0 atom stereocenters. The molecule has 1 aromatic carbocycles. The summed E-state index contributed by atoms with van der Waals surface area (Å²) in [5.41, 5.74) is 5.65. The Labute approximate surface area is 158 Å². The Morgan fingerprint density at radius 3 is 2.93 bits per heavy atom. The molecule has 1 saturated heterocycles. The largest absolute Gasteiger partial charge is 0.348 e. The number of nitrogens with zero attached hydrogens (tertiary/aromatic N) is 5. The van der Waals surface area contributed by atoms with Gasteiger partial charge in [0.05, 0.1) is 17.6 Å². The van der Waals surface area contributed by atoms with E-state index in [1.165, 1.54) is 23.4 Å². The molecule has 142 valence electrons. The maximum absolute atomic E-state index is 4.92. The number of likely N-dealkylation sites (tertiary alicyclic amines) is 1. The first kappa shape index (κ1) is 16.9. The molecule has 2 aliphatic heterocycles. The topological polar surface area (TPSA) is 74.1 Å². The number of H-pyrrole nitrogens is 1. The first-order chi connectivity index (χ1) is 13.3. The number of aromatic amines is 1. The van der Waals surface area contributed by atoms with Gasteiger partial charge in [-0.15, -0.1) is 0 Å². The van der Waals surface area contributed by atoms with E-state index in [0.717, 1.165) is 63.0 Å². The van der Waals surface area contributed by atoms with Crippen LogP contribution < -0.4 is 0 Å². The smallest absolute Gasteiger partial charge is 0.139 e. The summed E-state index contributed by atoms with van der Waals surface area (Å²) in [5.74, 6) is 0. The Bertz CT molecular complexity index is 923. The fourth-order valence-electron chi connectivity index (χ4n) is 4.98. The van der Waals surface area contributed by atoms with Gasteiger partial charge in [0.15, 0.2) is 0 Å². The lowest BCUT2D eigenvalue weighted by Gasteiger charge is -2.50. The third kappa shape index (κ3) is 2.76. The number of fused-ring (bicyclic) bond motifs is 3. The number of rotatable bonds is 4. The van der Waals surface area contributed by atoms with E-state index < -0.39 is 0 Å². The molecule has 1 N–H and O–H groups in total. The van der Waals surface area contributed by atoms with E-state index in [1.54, 1.807) is 0 Å². The van der Waals surface area contributed by atoms with Gasteiger partial charge in [0, 0.05) is 38.3 Å². The van der Waals surface area contributed by atoms with Gasteiger partial charge in [0.2, 0.25) is 0 Å². The molecule has 1 fully saturated rings. The minimum Gasteiger partial charge on any atom is -0.348 e. The Hall–Kier alpha value is -2.25. The molecule has 4 heterocycles. The van der Waals surface area contributed by atoms with Crippen LogP contribution >= 0.6 is 0 Å². The van der Waals surface area contributed by atoms with Crippen molar-refractivity contribution in [2.45, 2.75) is 44.7 Å². The molecule has 0 amide bonds. The maximum atomic E-state index is 4.92. The molecular formula is C20H26N6O. The van der Waals surface area contributed by atoms with Crippen molar-refractivity contribution < 1.29 is 4.63 Å². The van der Waals surface area contributed by atoms with Gasteiger partial charge in [-0.25, -0.2) is 9.61 Å². The van der Waals surface area contributed by atoms with Gasteiger partial charge in [-0.3, -0.25) is 9.80 Å². The Morgan fingerprint density at radius 1 is 1.19 bits per heavy atom. The highest BCUT2D eigenvalue weighted by atomic mass is 16.6. The molecule has 2 aromatic heterocycles. The van der Waals surface area contributed by atoms with Gasteiger partial charge >= 0.3 is 0 Å². The van der Waals surface area contributed by atoms with E-state index in [2.05, 4.69) is 38.1 Å². The second kappa shape index (κ2) is 6.73. The van der Waals surface area contributed by atoms with Crippen molar-refractivity contribution in [1.82, 2.24) is 30.1 Å². The number of aromatic nitrogens is 4. The summed E-state index contributed by atoms with van der Waals surface area (Å²) in [6.07, 6.45) is 6.40. The molecule has 3 aromatic rings. The van der Waals surface area contributed by atoms with E-state index in [0.29, 0.717) is 0 Å². The fourth-order valence-corrected chi connectivity index (χ4v) is 4.98. The van der Waals surface area contributed by atoms with Crippen LogP contribution in [0, 0.1) is 0 Å². The van der Waals surface area contributed by atoms with Gasteiger partial charge in [0.1, 0.15) is 11.0 Å². The Morgan fingerprint density at radius 2 is 2.07 bits per heavy atom. The number of hydrogen-bond acceptors (Lipinski definition) is 6. The van der Waals surface area contributed by atoms with E-state index in [-0.39, 0.29) is 5.54 Å². The predicted octanol–water partition coefficient (Wildman–Crippen LogP) is 2.71. The number of hydrogen-bond donors (Lipinski definition) is 1. The number of nitrogens with one attached hydrogen (secondary N) is 1. The SMILES string of the molecule is CCCN1CCc2[nH]cnc2C12CCN(Cc1cccc3nonc13)CC2. The van der Waals surface area contributed by atoms with Crippen LogP contribution in [0.25, 0.3) is 11.0 Å². The van der Waals surface area contributed by atoms with E-state index in [9.17, 15) is 0 Å². The molecule has 0 radical (unpaired) electrons. The molecule has 0 unspecified atom stereocenters. The molecule has 27 heavy (non-hydrogen) atoms.